The smallest absolute Gasteiger partial charge is 0.444 e. The van der Waals surface area contributed by atoms with Gasteiger partial charge in [0.1, 0.15) is 5.60 Å². The van der Waals surface area contributed by atoms with Gasteiger partial charge in [-0.05, 0) is 40.0 Å². The lowest BCUT2D eigenvalue weighted by molar-refractivity contribution is -0.121. The van der Waals surface area contributed by atoms with Crippen LogP contribution in [0.5, 0.6) is 0 Å². The average molecular weight is 421 g/mol. The maximum Gasteiger partial charge on any atom is 0.692 e. The molecule has 0 spiro atoms. The minimum absolute atomic E-state index is 0.121. The summed E-state index contributed by atoms with van der Waals surface area (Å²) in [6.45, 7) is 11.1. The molecule has 162 valence electrons. The van der Waals surface area contributed by atoms with Gasteiger partial charge in [-0.3, -0.25) is 4.79 Å². The van der Waals surface area contributed by atoms with E-state index in [1.165, 1.54) is 6.92 Å². The second-order valence-electron chi connectivity index (χ2n) is 7.43. The fourth-order valence-electron chi connectivity index (χ4n) is 2.71. The summed E-state index contributed by atoms with van der Waals surface area (Å²) in [4.78, 5) is 37.9. The number of rotatable bonds is 6. The van der Waals surface area contributed by atoms with Gasteiger partial charge in [-0.2, -0.15) is 0 Å². The van der Waals surface area contributed by atoms with Gasteiger partial charge in [0, 0.05) is 11.5 Å². The highest BCUT2D eigenvalue weighted by Gasteiger charge is 2.34. The summed E-state index contributed by atoms with van der Waals surface area (Å²) in [6.07, 6.45) is 5.73. The number of hydrogen-bond acceptors (Lipinski definition) is 5. The van der Waals surface area contributed by atoms with Crippen LogP contribution in [0.15, 0.2) is 12.2 Å². The molecular formula is C18H34N2O7P+. The van der Waals surface area contributed by atoms with E-state index < -0.39 is 19.9 Å². The van der Waals surface area contributed by atoms with E-state index in [2.05, 4.69) is 24.5 Å². The molecule has 0 heterocycles. The van der Waals surface area contributed by atoms with Crippen molar-refractivity contribution in [3.8, 4) is 0 Å². The molecule has 9 nitrogen and oxygen atoms in total. The number of amides is 2. The maximum absolute atomic E-state index is 12.1. The third-order valence-electron chi connectivity index (χ3n) is 3.84. The Morgan fingerprint density at radius 2 is 1.75 bits per heavy atom. The van der Waals surface area contributed by atoms with E-state index in [9.17, 15) is 9.59 Å². The Kier molecular flexibility index (Phi) is 12.1. The summed E-state index contributed by atoms with van der Waals surface area (Å²) in [5.41, 5.74) is -0.566. The van der Waals surface area contributed by atoms with Gasteiger partial charge in [-0.25, -0.2) is 4.79 Å². The number of hydrogen-bond donors (Lipinski definition) is 4. The molecule has 0 aromatic carbocycles. The van der Waals surface area contributed by atoms with E-state index in [1.807, 2.05) is 32.9 Å². The van der Waals surface area contributed by atoms with Crippen molar-refractivity contribution in [2.75, 3.05) is 0 Å². The Morgan fingerprint density at radius 3 is 2.18 bits per heavy atom. The van der Waals surface area contributed by atoms with Crippen molar-refractivity contribution in [3.05, 3.63) is 12.2 Å². The zero-order valence-electron chi connectivity index (χ0n) is 17.5. The largest absolute Gasteiger partial charge is 0.692 e. The molecule has 10 heteroatoms. The molecule has 0 aromatic heterocycles. The first kappa shape index (κ1) is 26.5. The third-order valence-corrected chi connectivity index (χ3v) is 3.84. The lowest BCUT2D eigenvalue weighted by atomic mass is 9.93. The fourth-order valence-corrected chi connectivity index (χ4v) is 2.71. The van der Waals surface area contributed by atoms with Gasteiger partial charge in [-0.1, -0.05) is 26.0 Å². The summed E-state index contributed by atoms with van der Waals surface area (Å²) in [7, 11) is -2.87. The van der Waals surface area contributed by atoms with Crippen molar-refractivity contribution in [1.82, 2.24) is 10.6 Å². The molecule has 3 atom stereocenters. The molecule has 0 bridgehead atoms. The molecule has 0 saturated heterocycles. The van der Waals surface area contributed by atoms with E-state index in [0.717, 1.165) is 12.8 Å². The summed E-state index contributed by atoms with van der Waals surface area (Å²) >= 11 is 0. The summed E-state index contributed by atoms with van der Waals surface area (Å²) < 4.78 is 20.2. The van der Waals surface area contributed by atoms with E-state index in [-0.39, 0.29) is 30.2 Å². The standard InChI is InChI=1S/C18H32N2O4.HO3P/c1-7-13(8-2)23-15-11-9-10-14(16(15)19-12(3)21)20-17(22)24-18(4,5)6;1-4(2)3/h9,11,13-16H,7-8,10H2,1-6H3,(H,19,21)(H,20,22);(H-,1,2,3)/p+1/t14-,15+,16+;/m0./s1. The first-order chi connectivity index (χ1) is 12.9. The van der Waals surface area contributed by atoms with Gasteiger partial charge in [0.05, 0.1) is 24.3 Å². The van der Waals surface area contributed by atoms with Crippen molar-refractivity contribution >= 4 is 20.3 Å². The molecule has 1 aliphatic rings. The minimum Gasteiger partial charge on any atom is -0.444 e. The molecule has 28 heavy (non-hydrogen) atoms. The predicted molar refractivity (Wildman–Crippen MR) is 106 cm³/mol. The first-order valence-electron chi connectivity index (χ1n) is 9.33. The number of carbonyl (C=O) groups is 2. The molecular weight excluding hydrogens is 387 g/mol. The zero-order chi connectivity index (χ0) is 21.9. The molecule has 0 aromatic rings. The van der Waals surface area contributed by atoms with Crippen LogP contribution in [0.4, 0.5) is 4.79 Å². The van der Waals surface area contributed by atoms with E-state index in [4.69, 9.17) is 23.8 Å². The average Bonchev–Trinajstić information content (AvgIpc) is 2.52. The Morgan fingerprint density at radius 1 is 1.21 bits per heavy atom. The van der Waals surface area contributed by atoms with Gasteiger partial charge in [0.2, 0.25) is 5.91 Å². The number of carbonyl (C=O) groups excluding carboxylic acids is 2. The molecule has 0 radical (unpaired) electrons. The SMILES string of the molecule is CCC(CC)O[C@@H]1C=CC[C@H](NC(=O)OC(C)(C)C)[C@H]1NC(C)=O.O=[P+](O)O. The normalized spacial score (nSPS) is 21.4. The van der Waals surface area contributed by atoms with Crippen molar-refractivity contribution in [1.29, 1.82) is 0 Å². The van der Waals surface area contributed by atoms with Crippen molar-refractivity contribution in [3.63, 3.8) is 0 Å². The summed E-state index contributed by atoms with van der Waals surface area (Å²) in [5, 5.41) is 5.78. The summed E-state index contributed by atoms with van der Waals surface area (Å²) in [6, 6.07) is -0.589. The van der Waals surface area contributed by atoms with Crippen LogP contribution in [0.1, 0.15) is 60.8 Å². The second-order valence-corrected chi connectivity index (χ2v) is 7.94. The van der Waals surface area contributed by atoms with Crippen LogP contribution in [0, 0.1) is 0 Å². The molecule has 1 rings (SSSR count). The van der Waals surface area contributed by atoms with E-state index in [0.29, 0.717) is 6.42 Å². The van der Waals surface area contributed by atoms with Gasteiger partial charge < -0.3 is 20.1 Å². The maximum atomic E-state index is 12.1. The fraction of sp³-hybridized carbons (Fsp3) is 0.778. The Hall–Kier alpha value is -1.54. The first-order valence-corrected chi connectivity index (χ1v) is 10.5. The van der Waals surface area contributed by atoms with E-state index >= 15 is 0 Å². The molecule has 0 unspecified atom stereocenters. The van der Waals surface area contributed by atoms with Gasteiger partial charge >= 0.3 is 14.3 Å². The minimum atomic E-state index is -2.87. The van der Waals surface area contributed by atoms with Crippen molar-refractivity contribution in [2.24, 2.45) is 0 Å². The van der Waals surface area contributed by atoms with Crippen LogP contribution in [-0.2, 0) is 18.8 Å². The van der Waals surface area contributed by atoms with Crippen LogP contribution in [-0.4, -0.2) is 51.7 Å². The number of nitrogens with one attached hydrogen (secondary N) is 2. The molecule has 0 aliphatic heterocycles. The van der Waals surface area contributed by atoms with Crippen LogP contribution in [0.25, 0.3) is 0 Å². The van der Waals surface area contributed by atoms with Crippen LogP contribution in [0.3, 0.4) is 0 Å². The van der Waals surface area contributed by atoms with E-state index in [1.54, 1.807) is 0 Å². The number of alkyl carbamates (subject to hydrolysis) is 1. The lowest BCUT2D eigenvalue weighted by Gasteiger charge is -2.37. The highest BCUT2D eigenvalue weighted by atomic mass is 31.1. The second kappa shape index (κ2) is 12.8. The van der Waals surface area contributed by atoms with Crippen molar-refractivity contribution < 1.29 is 33.4 Å². The highest BCUT2D eigenvalue weighted by Crippen LogP contribution is 2.20. The topological polar surface area (TPSA) is 134 Å². The summed E-state index contributed by atoms with van der Waals surface area (Å²) in [5.74, 6) is -0.149. The van der Waals surface area contributed by atoms with Crippen LogP contribution < -0.4 is 10.6 Å². The predicted octanol–water partition coefficient (Wildman–Crippen LogP) is 2.55. The Bertz CT molecular complexity index is 541. The van der Waals surface area contributed by atoms with Gasteiger partial charge in [0.15, 0.2) is 0 Å². The zero-order valence-corrected chi connectivity index (χ0v) is 18.4. The number of ether oxygens (including phenoxy) is 2. The Labute approximate surface area is 167 Å². The third kappa shape index (κ3) is 12.0. The molecule has 0 fully saturated rings. The quantitative estimate of drug-likeness (QED) is 0.382. The molecule has 1 aliphatic carbocycles. The van der Waals surface area contributed by atoms with Crippen LogP contribution in [0.2, 0.25) is 0 Å². The molecule has 4 N–H and O–H groups in total. The lowest BCUT2D eigenvalue weighted by Crippen LogP contribution is -2.59. The van der Waals surface area contributed by atoms with Gasteiger partial charge in [-0.15, -0.1) is 9.79 Å². The van der Waals surface area contributed by atoms with Gasteiger partial charge in [0.25, 0.3) is 0 Å². The van der Waals surface area contributed by atoms with Crippen molar-refractivity contribution in [2.45, 2.75) is 90.7 Å². The van der Waals surface area contributed by atoms with Crippen LogP contribution >= 0.6 is 8.25 Å². The highest BCUT2D eigenvalue weighted by molar-refractivity contribution is 7.30. The molecule has 0 saturated carbocycles. The monoisotopic (exact) mass is 421 g/mol. The Balaban J connectivity index is 0.00000165. The molecule has 2 amide bonds.